The number of phenolic OH excluding ortho intramolecular Hbond substituents is 1. The summed E-state index contributed by atoms with van der Waals surface area (Å²) < 4.78 is 138. The van der Waals surface area contributed by atoms with E-state index in [0.717, 1.165) is 28.1 Å². The molecule has 8 rings (SSSR count). The van der Waals surface area contributed by atoms with Crippen molar-refractivity contribution in [1.29, 1.82) is 0 Å². The molecule has 0 atom stereocenters. The molecule has 0 saturated carbocycles. The topological polar surface area (TPSA) is 180 Å². The van der Waals surface area contributed by atoms with Crippen molar-refractivity contribution in [2.24, 2.45) is 11.8 Å². The monoisotopic (exact) mass is 992 g/mol. The van der Waals surface area contributed by atoms with Gasteiger partial charge in [-0.05, 0) is 108 Å². The minimum Gasteiger partial charge on any atom is -0.508 e. The lowest BCUT2D eigenvalue weighted by Gasteiger charge is -2.32. The summed E-state index contributed by atoms with van der Waals surface area (Å²) in [4.78, 5) is 43.8. The van der Waals surface area contributed by atoms with Gasteiger partial charge in [-0.25, -0.2) is 19.9 Å². The minimum atomic E-state index is -5.79. The lowest BCUT2D eigenvalue weighted by atomic mass is 9.97. The number of phenols is 1. The predicted octanol–water partition coefficient (Wildman–Crippen LogP) is 8.32. The van der Waals surface area contributed by atoms with Crippen molar-refractivity contribution in [3.8, 4) is 34.0 Å². The average molecular weight is 993 g/mol. The molecule has 0 spiro atoms. The van der Waals surface area contributed by atoms with E-state index in [2.05, 4.69) is 24.1 Å². The zero-order valence-corrected chi connectivity index (χ0v) is 36.8. The molecule has 4 heterocycles. The number of nitrogens with zero attached hydrogens (tertiary/aromatic N) is 6. The third kappa shape index (κ3) is 12.8. The van der Waals surface area contributed by atoms with E-state index in [-0.39, 0.29) is 30.7 Å². The molecule has 6 aromatic rings. The van der Waals surface area contributed by atoms with Gasteiger partial charge in [-0.3, -0.25) is 9.59 Å². The predicted molar refractivity (Wildman–Crippen MR) is 235 cm³/mol. The number of amides is 2. The van der Waals surface area contributed by atoms with Crippen molar-refractivity contribution in [3.05, 3.63) is 97.3 Å². The second kappa shape index (κ2) is 20.3. The Bertz CT molecular complexity index is 2930. The first-order valence-electron chi connectivity index (χ1n) is 21.2. The van der Waals surface area contributed by atoms with Crippen LogP contribution >= 0.6 is 0 Å². The molecular formula is C45H41F9N8O6S. The highest BCUT2D eigenvalue weighted by Gasteiger charge is 2.48. The molecule has 2 aliphatic rings. The first-order chi connectivity index (χ1) is 32.5. The summed E-state index contributed by atoms with van der Waals surface area (Å²) in [5, 5.41) is 16.4. The number of halogens is 9. The Hall–Kier alpha value is -6.98. The van der Waals surface area contributed by atoms with Gasteiger partial charge in [0.2, 0.25) is 11.9 Å². The summed E-state index contributed by atoms with van der Waals surface area (Å²) in [6.07, 6.45) is -4.16. The van der Waals surface area contributed by atoms with Gasteiger partial charge in [-0.2, -0.15) is 47.9 Å². The number of aromatic nitrogens is 4. The van der Waals surface area contributed by atoms with Crippen LogP contribution in [0.3, 0.4) is 0 Å². The molecule has 2 aromatic heterocycles. The summed E-state index contributed by atoms with van der Waals surface area (Å²) in [7, 11) is -5.79. The van der Waals surface area contributed by atoms with E-state index in [4.69, 9.17) is 0 Å². The Morgan fingerprint density at radius 3 is 1.43 bits per heavy atom. The van der Waals surface area contributed by atoms with Crippen LogP contribution in [0.4, 0.5) is 51.4 Å². The van der Waals surface area contributed by atoms with Gasteiger partial charge in [-0.1, -0.05) is 36.4 Å². The number of piperidine rings is 2. The summed E-state index contributed by atoms with van der Waals surface area (Å²) in [6.45, 7) is 2.12. The molecule has 24 heteroatoms. The van der Waals surface area contributed by atoms with Crippen LogP contribution in [0.2, 0.25) is 0 Å². The highest BCUT2D eigenvalue weighted by Crippen LogP contribution is 2.32. The van der Waals surface area contributed by atoms with Crippen LogP contribution in [0.5, 0.6) is 11.5 Å². The van der Waals surface area contributed by atoms with Crippen LogP contribution in [-0.4, -0.2) is 102 Å². The maximum absolute atomic E-state index is 12.6. The van der Waals surface area contributed by atoms with Crippen molar-refractivity contribution in [3.63, 3.8) is 0 Å². The Balaban J connectivity index is 0.000000208. The summed E-state index contributed by atoms with van der Waals surface area (Å²) >= 11 is 0. The number of carbonyl (C=O) groups is 2. The summed E-state index contributed by atoms with van der Waals surface area (Å²) in [5.41, 5.74) is -2.64. The van der Waals surface area contributed by atoms with Crippen LogP contribution < -0.4 is 24.6 Å². The first-order valence-corrected chi connectivity index (χ1v) is 22.6. The van der Waals surface area contributed by atoms with Crippen LogP contribution in [0.1, 0.15) is 25.7 Å². The van der Waals surface area contributed by atoms with E-state index in [1.807, 2.05) is 50.8 Å². The van der Waals surface area contributed by atoms with Gasteiger partial charge in [-0.15, -0.1) is 0 Å². The molecule has 366 valence electrons. The Labute approximate surface area is 387 Å². The fourth-order valence-corrected chi connectivity index (χ4v) is 8.12. The van der Waals surface area contributed by atoms with E-state index in [1.54, 1.807) is 48.8 Å². The third-order valence-electron chi connectivity index (χ3n) is 11.4. The first kappa shape index (κ1) is 49.9. The molecule has 3 N–H and O–H groups in total. The number of nitrogens with one attached hydrogen (secondary N) is 2. The second-order valence-corrected chi connectivity index (χ2v) is 17.8. The molecule has 4 aromatic carbocycles. The molecule has 69 heavy (non-hydrogen) atoms. The van der Waals surface area contributed by atoms with Crippen molar-refractivity contribution < 1.29 is 66.8 Å². The van der Waals surface area contributed by atoms with Gasteiger partial charge in [0.05, 0.1) is 11.4 Å². The molecule has 14 nitrogen and oxygen atoms in total. The number of aromatic hydroxyl groups is 1. The Morgan fingerprint density at radius 2 is 1.00 bits per heavy atom. The number of hydrogen-bond acceptors (Lipinski definition) is 12. The molecule has 2 fully saturated rings. The second-order valence-electron chi connectivity index (χ2n) is 16.2. The molecular weight excluding hydrogens is 952 g/mol. The molecule has 2 aliphatic heterocycles. The lowest BCUT2D eigenvalue weighted by molar-refractivity contribution is -0.173. The van der Waals surface area contributed by atoms with E-state index in [9.17, 15) is 62.6 Å². The number of alkyl halides is 9. The zero-order valence-electron chi connectivity index (χ0n) is 35.9. The quantitative estimate of drug-likeness (QED) is 0.0680. The average Bonchev–Trinajstić information content (AvgIpc) is 3.31. The van der Waals surface area contributed by atoms with Gasteiger partial charge in [0.1, 0.15) is 11.5 Å². The molecule has 2 amide bonds. The smallest absolute Gasteiger partial charge is 0.508 e. The minimum absolute atomic E-state index is 0.0114. The van der Waals surface area contributed by atoms with Crippen molar-refractivity contribution in [2.75, 3.05) is 49.1 Å². The fraction of sp³-hybridized carbons (Fsp3) is 0.333. The maximum atomic E-state index is 12.6. The van der Waals surface area contributed by atoms with Gasteiger partial charge in [0.25, 0.3) is 0 Å². The largest absolute Gasteiger partial charge is 0.534 e. The van der Waals surface area contributed by atoms with Gasteiger partial charge in [0.15, 0.2) is 0 Å². The molecule has 0 unspecified atom stereocenters. The normalized spacial score (nSPS) is 15.4. The van der Waals surface area contributed by atoms with Crippen LogP contribution in [0.15, 0.2) is 97.3 Å². The van der Waals surface area contributed by atoms with E-state index >= 15 is 0 Å². The van der Waals surface area contributed by atoms with Crippen LogP contribution in [0.25, 0.3) is 44.1 Å². The number of benzene rings is 4. The van der Waals surface area contributed by atoms with Gasteiger partial charge >= 0.3 is 39.8 Å². The zero-order chi connectivity index (χ0) is 49.7. The molecule has 0 radical (unpaired) electrons. The van der Waals surface area contributed by atoms with Crippen molar-refractivity contribution in [1.82, 2.24) is 30.6 Å². The van der Waals surface area contributed by atoms with E-state index in [1.165, 1.54) is 12.1 Å². The van der Waals surface area contributed by atoms with Crippen LogP contribution in [-0.2, 0) is 19.7 Å². The highest BCUT2D eigenvalue weighted by atomic mass is 32.2. The standard InChI is InChI=1S/C23H20F6N4O4S.C22H21F3N4O2/c24-22(25,26)20(34)31-13-14-6-9-33(10-7-14)21-30-8-5-19(32-21)17-2-1-16-12-18(4-3-15(16)11-17)37-38(35,36)23(27,28)29;23-22(24,25)20(31)27-13-14-6-9-29(10-7-14)21-26-8-5-19(28-21)17-2-1-16-12-18(30)4-3-15(16)11-17/h1-5,8,11-12,14H,6-7,9-10,13H2,(H,31,34);1-5,8,11-12,14,30H,6-7,9-10,13H2,(H,27,31). The summed E-state index contributed by atoms with van der Waals surface area (Å²) in [5.74, 6) is -3.25. The highest BCUT2D eigenvalue weighted by molar-refractivity contribution is 7.88. The lowest BCUT2D eigenvalue weighted by Crippen LogP contribution is -2.43. The van der Waals surface area contributed by atoms with Crippen LogP contribution in [0, 0.1) is 11.8 Å². The van der Waals surface area contributed by atoms with Gasteiger partial charge in [0, 0.05) is 62.8 Å². The number of anilines is 2. The number of fused-ring (bicyclic) bond motifs is 2. The van der Waals surface area contributed by atoms with E-state index in [0.29, 0.717) is 85.8 Å². The Kier molecular flexibility index (Phi) is 14.7. The van der Waals surface area contributed by atoms with E-state index < -0.39 is 45.5 Å². The SMILES string of the molecule is O=C(NCC1CCN(c2nccc(-c3ccc4cc(O)ccc4c3)n2)CC1)C(F)(F)F.O=C(NCC1CCN(c2nccc(-c3ccc4cc(OS(=O)(=O)C(F)(F)F)ccc4c3)n2)CC1)C(F)(F)F. The Morgan fingerprint density at radius 1 is 0.594 bits per heavy atom. The van der Waals surface area contributed by atoms with Crippen molar-refractivity contribution in [2.45, 2.75) is 43.5 Å². The number of hydrogen-bond donors (Lipinski definition) is 3. The molecule has 2 saturated heterocycles. The number of carbonyl (C=O) groups excluding carboxylic acids is 2. The molecule has 0 aliphatic carbocycles. The summed E-state index contributed by atoms with van der Waals surface area (Å²) in [6, 6.07) is 23.2. The maximum Gasteiger partial charge on any atom is 0.534 e. The third-order valence-corrected chi connectivity index (χ3v) is 12.4. The molecule has 0 bridgehead atoms. The number of rotatable bonds is 10. The van der Waals surface area contributed by atoms with Gasteiger partial charge < -0.3 is 29.7 Å². The van der Waals surface area contributed by atoms with Crippen molar-refractivity contribution >= 4 is 55.4 Å². The fourth-order valence-electron chi connectivity index (χ4n) is 7.67.